The fourth-order valence-electron chi connectivity index (χ4n) is 4.13. The first kappa shape index (κ1) is 24.3. The first-order valence-electron chi connectivity index (χ1n) is 12.6. The summed E-state index contributed by atoms with van der Waals surface area (Å²) in [4.78, 5) is 0. The summed E-state index contributed by atoms with van der Waals surface area (Å²) in [5, 5.41) is 1.40. The molecule has 0 aliphatic carbocycles. The van der Waals surface area contributed by atoms with Gasteiger partial charge >= 0.3 is 0 Å². The van der Waals surface area contributed by atoms with Gasteiger partial charge < -0.3 is 0 Å². The molecular weight excluding hydrogens is 427 g/mol. The van der Waals surface area contributed by atoms with E-state index in [1.807, 2.05) is 30.3 Å². The molecule has 0 bridgehead atoms. The zero-order valence-electron chi connectivity index (χ0n) is 20.6. The Morgan fingerprint density at radius 1 is 0.571 bits per heavy atom. The van der Waals surface area contributed by atoms with Crippen LogP contribution in [0.3, 0.4) is 0 Å². The van der Waals surface area contributed by atoms with Crippen LogP contribution in [0.5, 0.6) is 0 Å². The predicted octanol–water partition coefficient (Wildman–Crippen LogP) is 8.46. The highest BCUT2D eigenvalue weighted by Crippen LogP contribution is 2.22. The molecule has 0 saturated carbocycles. The third-order valence-corrected chi connectivity index (χ3v) is 6.16. The van der Waals surface area contributed by atoms with Gasteiger partial charge in [0, 0.05) is 22.1 Å². The van der Waals surface area contributed by atoms with Gasteiger partial charge in [0.1, 0.15) is 5.82 Å². The predicted molar refractivity (Wildman–Crippen MR) is 146 cm³/mol. The quantitative estimate of drug-likeness (QED) is 0.201. The van der Waals surface area contributed by atoms with Gasteiger partial charge in [-0.15, -0.1) is 0 Å². The molecule has 0 aromatic heterocycles. The zero-order valence-corrected chi connectivity index (χ0v) is 20.6. The Kier molecular flexibility index (Phi) is 8.38. The molecule has 35 heavy (non-hydrogen) atoms. The van der Waals surface area contributed by atoms with Crippen molar-refractivity contribution >= 4 is 10.8 Å². The highest BCUT2D eigenvalue weighted by Gasteiger charge is 2.06. The van der Waals surface area contributed by atoms with Gasteiger partial charge in [-0.3, -0.25) is 0 Å². The lowest BCUT2D eigenvalue weighted by Crippen LogP contribution is -1.88. The molecule has 174 valence electrons. The molecular formula is C34H31F. The molecule has 0 N–H and O–H groups in total. The summed E-state index contributed by atoms with van der Waals surface area (Å²) in [5.41, 5.74) is 5.82. The molecule has 0 amide bonds. The minimum atomic E-state index is -0.282. The van der Waals surface area contributed by atoms with Crippen molar-refractivity contribution in [2.75, 3.05) is 0 Å². The second-order valence-electron chi connectivity index (χ2n) is 8.96. The molecule has 4 aromatic rings. The molecule has 4 rings (SSSR count). The third-order valence-electron chi connectivity index (χ3n) is 6.16. The van der Waals surface area contributed by atoms with Crippen molar-refractivity contribution < 1.29 is 4.39 Å². The lowest BCUT2D eigenvalue weighted by molar-refractivity contribution is 0.636. The van der Waals surface area contributed by atoms with Crippen molar-refractivity contribution in [3.05, 3.63) is 118 Å². The standard InChI is InChI=1S/C34H31F/c1-3-5-6-8-27-11-15-28(16-12-27)17-18-30-20-24-33-32(25-30)23-22-31(34(33)35)21-19-29-13-9-26(7-4-2)10-14-29/h9-16,20,22-25H,3-8H2,1-2H3. The third kappa shape index (κ3) is 6.62. The Morgan fingerprint density at radius 2 is 1.17 bits per heavy atom. The Hall–Kier alpha value is -3.81. The van der Waals surface area contributed by atoms with Gasteiger partial charge in [0.2, 0.25) is 0 Å². The summed E-state index contributed by atoms with van der Waals surface area (Å²) in [6.07, 6.45) is 7.04. The van der Waals surface area contributed by atoms with E-state index < -0.39 is 0 Å². The van der Waals surface area contributed by atoms with E-state index in [1.54, 1.807) is 12.1 Å². The van der Waals surface area contributed by atoms with Gasteiger partial charge in [0.25, 0.3) is 0 Å². The van der Waals surface area contributed by atoms with Crippen LogP contribution >= 0.6 is 0 Å². The maximum absolute atomic E-state index is 15.1. The van der Waals surface area contributed by atoms with Crippen molar-refractivity contribution in [3.8, 4) is 23.7 Å². The molecule has 0 saturated heterocycles. The number of unbranched alkanes of at least 4 members (excludes halogenated alkanes) is 2. The maximum Gasteiger partial charge on any atom is 0.146 e. The summed E-state index contributed by atoms with van der Waals surface area (Å²) >= 11 is 0. The molecule has 0 spiro atoms. The van der Waals surface area contributed by atoms with Crippen molar-refractivity contribution in [1.82, 2.24) is 0 Å². The van der Waals surface area contributed by atoms with E-state index >= 15 is 4.39 Å². The minimum Gasteiger partial charge on any atom is -0.205 e. The summed E-state index contributed by atoms with van der Waals surface area (Å²) < 4.78 is 15.1. The minimum absolute atomic E-state index is 0.282. The monoisotopic (exact) mass is 458 g/mol. The molecule has 0 atom stereocenters. The van der Waals surface area contributed by atoms with Crippen LogP contribution in [0.25, 0.3) is 10.8 Å². The normalized spacial score (nSPS) is 10.4. The number of halogens is 1. The second kappa shape index (κ2) is 12.1. The fourth-order valence-corrected chi connectivity index (χ4v) is 4.13. The second-order valence-corrected chi connectivity index (χ2v) is 8.96. The van der Waals surface area contributed by atoms with Crippen molar-refractivity contribution in [3.63, 3.8) is 0 Å². The molecule has 0 heterocycles. The average Bonchev–Trinajstić information content (AvgIpc) is 2.89. The van der Waals surface area contributed by atoms with Crippen molar-refractivity contribution in [2.24, 2.45) is 0 Å². The molecule has 0 unspecified atom stereocenters. The van der Waals surface area contributed by atoms with Gasteiger partial charge in [0.05, 0.1) is 5.56 Å². The van der Waals surface area contributed by atoms with E-state index in [4.69, 9.17) is 0 Å². The molecule has 0 aliphatic heterocycles. The van der Waals surface area contributed by atoms with Gasteiger partial charge in [-0.1, -0.05) is 93.2 Å². The number of benzene rings is 4. The Bertz CT molecular complexity index is 1400. The van der Waals surface area contributed by atoms with E-state index in [0.29, 0.717) is 10.9 Å². The zero-order chi connectivity index (χ0) is 24.5. The molecule has 0 radical (unpaired) electrons. The maximum atomic E-state index is 15.1. The highest BCUT2D eigenvalue weighted by molar-refractivity contribution is 5.86. The van der Waals surface area contributed by atoms with Crippen LogP contribution in [-0.2, 0) is 12.8 Å². The van der Waals surface area contributed by atoms with Crippen molar-refractivity contribution in [1.29, 1.82) is 0 Å². The summed E-state index contributed by atoms with van der Waals surface area (Å²) in [6.45, 7) is 4.39. The number of hydrogen-bond acceptors (Lipinski definition) is 0. The SMILES string of the molecule is CCCCCc1ccc(C#Cc2ccc3c(F)c(C#Cc4ccc(CCC)cc4)ccc3c2)cc1. The fraction of sp³-hybridized carbons (Fsp3) is 0.235. The highest BCUT2D eigenvalue weighted by atomic mass is 19.1. The topological polar surface area (TPSA) is 0 Å². The van der Waals surface area contributed by atoms with Gasteiger partial charge in [0.15, 0.2) is 0 Å². The Labute approximate surface area is 209 Å². The van der Waals surface area contributed by atoms with E-state index in [2.05, 4.69) is 73.9 Å². The van der Waals surface area contributed by atoms with Gasteiger partial charge in [-0.05, 0) is 78.2 Å². The molecule has 1 heteroatoms. The van der Waals surface area contributed by atoms with Crippen LogP contribution in [0.1, 0.15) is 72.9 Å². The van der Waals surface area contributed by atoms with Crippen LogP contribution < -0.4 is 0 Å². The molecule has 0 aliphatic rings. The van der Waals surface area contributed by atoms with Gasteiger partial charge in [-0.25, -0.2) is 4.39 Å². The number of aryl methyl sites for hydroxylation is 2. The summed E-state index contributed by atoms with van der Waals surface area (Å²) in [7, 11) is 0. The Morgan fingerprint density at radius 3 is 1.83 bits per heavy atom. The lowest BCUT2D eigenvalue weighted by atomic mass is 10.0. The van der Waals surface area contributed by atoms with Gasteiger partial charge in [-0.2, -0.15) is 0 Å². The largest absolute Gasteiger partial charge is 0.205 e. The first-order valence-corrected chi connectivity index (χ1v) is 12.6. The van der Waals surface area contributed by atoms with Crippen LogP contribution in [0, 0.1) is 29.5 Å². The van der Waals surface area contributed by atoms with E-state index in [9.17, 15) is 0 Å². The Balaban J connectivity index is 1.49. The average molecular weight is 459 g/mol. The molecule has 0 fully saturated rings. The number of hydrogen-bond donors (Lipinski definition) is 0. The van der Waals surface area contributed by atoms with Crippen molar-refractivity contribution in [2.45, 2.75) is 52.4 Å². The smallest absolute Gasteiger partial charge is 0.146 e. The van der Waals surface area contributed by atoms with Crippen LogP contribution in [-0.4, -0.2) is 0 Å². The summed E-state index contributed by atoms with van der Waals surface area (Å²) in [6, 6.07) is 26.0. The first-order chi connectivity index (χ1) is 17.2. The number of fused-ring (bicyclic) bond motifs is 1. The lowest BCUT2D eigenvalue weighted by Gasteiger charge is -2.03. The van der Waals surface area contributed by atoms with E-state index in [1.165, 1.54) is 30.4 Å². The van der Waals surface area contributed by atoms with E-state index in [-0.39, 0.29) is 5.82 Å². The summed E-state index contributed by atoms with van der Waals surface area (Å²) in [5.74, 6) is 12.3. The van der Waals surface area contributed by atoms with Crippen LogP contribution in [0.15, 0.2) is 78.9 Å². The van der Waals surface area contributed by atoms with Crippen LogP contribution in [0.4, 0.5) is 4.39 Å². The number of rotatable bonds is 6. The van der Waals surface area contributed by atoms with E-state index in [0.717, 1.165) is 41.3 Å². The molecule has 4 aromatic carbocycles. The molecule has 0 nitrogen and oxygen atoms in total. The van der Waals surface area contributed by atoms with Crippen LogP contribution in [0.2, 0.25) is 0 Å².